The van der Waals surface area contributed by atoms with Gasteiger partial charge < -0.3 is 117 Å². The highest BCUT2D eigenvalue weighted by Gasteiger charge is 2.43. The minimum absolute atomic E-state index is 0.0138. The minimum Gasteiger partial charge on any atom is -0.481 e. The molecule has 1 aliphatic heterocycles. The highest BCUT2D eigenvalue weighted by Crippen LogP contribution is 2.29. The summed E-state index contributed by atoms with van der Waals surface area (Å²) >= 11 is 0. The maximum atomic E-state index is 14.5. The van der Waals surface area contributed by atoms with Gasteiger partial charge in [-0.05, 0) is 145 Å². The number of aliphatic carboxylic acids is 2. The van der Waals surface area contributed by atoms with Crippen LogP contribution in [0.3, 0.4) is 0 Å². The number of rotatable bonds is 57. The molecule has 45 nitrogen and oxygen atoms in total. The number of para-hydroxylation sites is 1. The first-order valence-corrected chi connectivity index (χ1v) is 40.7. The lowest BCUT2D eigenvalue weighted by molar-refractivity contribution is -0.393. The number of anilines is 2. The minimum atomic E-state index is -1.96. The molecule has 1 aliphatic rings. The number of unbranched alkanes of at least 4 members (excludes halogenated alkanes) is 3. The molecule has 13 atom stereocenters. The number of nitro groups is 2. The average Bonchev–Trinajstić information content (AvgIpc) is 1.59. The van der Waals surface area contributed by atoms with E-state index in [-0.39, 0.29) is 92.9 Å². The van der Waals surface area contributed by atoms with E-state index < -0.39 is 258 Å². The number of carboxylic acids is 2. The van der Waals surface area contributed by atoms with Crippen molar-refractivity contribution in [2.45, 2.75) is 256 Å². The largest absolute Gasteiger partial charge is 0.481 e. The Morgan fingerprint density at radius 1 is 0.512 bits per heavy atom. The van der Waals surface area contributed by atoms with Crippen molar-refractivity contribution in [2.24, 2.45) is 40.9 Å². The molecule has 1 unspecified atom stereocenters. The fraction of sp³-hybridized carbons (Fsp3) is 0.628. The van der Waals surface area contributed by atoms with Crippen molar-refractivity contribution in [3.8, 4) is 0 Å². The summed E-state index contributed by atoms with van der Waals surface area (Å²) in [6.45, 7) is 13.8. The summed E-state index contributed by atoms with van der Waals surface area (Å²) in [7, 11) is 0. The first-order valence-electron chi connectivity index (χ1n) is 40.7. The zero-order valence-electron chi connectivity index (χ0n) is 70.6. The van der Waals surface area contributed by atoms with E-state index in [0.29, 0.717) is 38.6 Å². The molecule has 0 spiro atoms. The van der Waals surface area contributed by atoms with Gasteiger partial charge in [0.2, 0.25) is 82.7 Å². The van der Waals surface area contributed by atoms with Gasteiger partial charge >= 0.3 is 11.9 Å². The van der Waals surface area contributed by atoms with E-state index in [1.165, 1.54) is 51.1 Å². The van der Waals surface area contributed by atoms with Gasteiger partial charge in [-0.15, -0.1) is 0 Å². The van der Waals surface area contributed by atoms with Crippen LogP contribution in [0.1, 0.15) is 188 Å². The second-order valence-electron chi connectivity index (χ2n) is 31.6. The molecule has 0 radical (unpaired) electrons. The lowest BCUT2D eigenvalue weighted by Crippen LogP contribution is -2.62. The second kappa shape index (κ2) is 52.8. The quantitative estimate of drug-likeness (QED) is 0.0142. The molecular weight excluding hydrogens is 1620 g/mol. The number of nitrogens with one attached hydrogen (secondary N) is 13. The van der Waals surface area contributed by atoms with Gasteiger partial charge in [0.05, 0.1) is 40.6 Å². The summed E-state index contributed by atoms with van der Waals surface area (Å²) in [6.07, 6.45) is -4.31. The third kappa shape index (κ3) is 36.9. The molecule has 45 heteroatoms. The van der Waals surface area contributed by atoms with Crippen molar-refractivity contribution in [1.82, 2.24) is 68.7 Å². The molecule has 1 heterocycles. The summed E-state index contributed by atoms with van der Waals surface area (Å²) in [5.41, 5.74) is 21.3. The van der Waals surface area contributed by atoms with E-state index in [1.807, 2.05) is 0 Å². The number of aliphatic hydroxyl groups excluding tert-OH is 2. The Kier molecular flexibility index (Phi) is 45.0. The number of amides is 15. The number of hydrogen-bond acceptors (Lipinski definition) is 26. The van der Waals surface area contributed by atoms with Gasteiger partial charge in [0.25, 0.3) is 17.3 Å². The van der Waals surface area contributed by atoms with Gasteiger partial charge in [0.15, 0.2) is 0 Å². The lowest BCUT2D eigenvalue weighted by atomic mass is 9.99. The third-order valence-electron chi connectivity index (χ3n) is 19.5. The number of non-ortho nitro benzene ring substituents is 1. The smallest absolute Gasteiger partial charge is 0.326 e. The zero-order chi connectivity index (χ0) is 92.7. The molecule has 0 saturated carbocycles. The molecule has 123 heavy (non-hydrogen) atoms. The number of nitrogens with zero attached hydrogens (tertiary/aromatic N) is 3. The zero-order valence-corrected chi connectivity index (χ0v) is 70.6. The van der Waals surface area contributed by atoms with E-state index in [1.54, 1.807) is 41.5 Å². The monoisotopic (exact) mass is 1740 g/mol. The summed E-state index contributed by atoms with van der Waals surface area (Å²) in [6, 6.07) is -10.8. The van der Waals surface area contributed by atoms with Crippen molar-refractivity contribution < 1.29 is 112 Å². The van der Waals surface area contributed by atoms with E-state index in [4.69, 9.17) is 22.9 Å². The normalized spacial score (nSPS) is 15.4. The Labute approximate surface area is 710 Å². The topological polar surface area (TPSA) is 721 Å². The number of hydrogen-bond donors (Lipinski definition) is 21. The fourth-order valence-corrected chi connectivity index (χ4v) is 13.0. The lowest BCUT2D eigenvalue weighted by Gasteiger charge is -2.31. The maximum Gasteiger partial charge on any atom is 0.326 e. The number of carbonyl (C=O) groups is 17. The van der Waals surface area contributed by atoms with Gasteiger partial charge in [-0.1, -0.05) is 67.5 Å². The van der Waals surface area contributed by atoms with Gasteiger partial charge in [-0.2, -0.15) is 0 Å². The van der Waals surface area contributed by atoms with Gasteiger partial charge in [0, 0.05) is 50.7 Å². The molecule has 1 saturated heterocycles. The van der Waals surface area contributed by atoms with E-state index in [0.717, 1.165) is 17.0 Å². The van der Waals surface area contributed by atoms with Crippen LogP contribution in [-0.4, -0.2) is 247 Å². The number of benzene rings is 2. The number of carbonyl (C=O) groups excluding carboxylic acids is 15. The van der Waals surface area contributed by atoms with Crippen molar-refractivity contribution in [3.05, 3.63) is 68.3 Å². The van der Waals surface area contributed by atoms with Crippen molar-refractivity contribution in [1.29, 1.82) is 0 Å². The van der Waals surface area contributed by atoms with Crippen LogP contribution in [0.5, 0.6) is 0 Å². The predicted molar refractivity (Wildman–Crippen MR) is 442 cm³/mol. The first kappa shape index (κ1) is 105. The van der Waals surface area contributed by atoms with Crippen molar-refractivity contribution in [3.63, 3.8) is 0 Å². The molecule has 1 fully saturated rings. The van der Waals surface area contributed by atoms with Crippen LogP contribution in [0.2, 0.25) is 0 Å². The summed E-state index contributed by atoms with van der Waals surface area (Å²) in [5, 5.41) is 96.5. The Hall–Kier alpha value is -12.3. The highest BCUT2D eigenvalue weighted by atomic mass is 16.6. The first-order chi connectivity index (χ1) is 57.8. The van der Waals surface area contributed by atoms with Crippen molar-refractivity contribution >= 4 is 123 Å². The van der Waals surface area contributed by atoms with E-state index >= 15 is 0 Å². The van der Waals surface area contributed by atoms with Crippen LogP contribution >= 0.6 is 0 Å². The number of aliphatic hydroxyl groups is 2. The molecule has 0 aromatic heterocycles. The standard InChI is InChI=1S/C78H122N20O25/c1-40(2)34-53(70(110)88-52(78(118)119)20-13-14-30-79)90-71(111)54(35-41(3)4)92-76(116)65(44(9)100)95-73(113)55(36-42(5)6)91-74(114)58-21-17-33-96(58)77(117)57(39-99)93-75(115)64(43(7)8)94-69(109)49(24-27-60(81)101)85-68(108)51(26-29-63(104)105)86-67(107)50(87-72(112)56(38-61(82)102)89-66(106)46-18-11-12-19-47(46)80)25-28-62(103)84-32-16-10-15-31-83-48-23-22-45(97(120)121)37-59(48)98(122)123/h11-12,18-19,22-23,37,40-44,49-58,64-65,83,99-100H,10,13-17,20-21,24-36,38-39,79-80H2,1-9H3,(H2,81,101)(H2,82,102)(H,84,103)(H,85,108)(H,86,107)(H,87,112)(H,88,110)(H,89,106)(H,90,111)(H,91,114)(H,92,116)(H,93,115)(H,94,109)(H,95,113)(H,104,105)(H,118,119)/t44?,49-,50-,51-,52-,53-,54-,55-,56-,57-,58-,64-,65-/m0/s1. The van der Waals surface area contributed by atoms with Crippen molar-refractivity contribution in [2.75, 3.05) is 43.8 Å². The Bertz CT molecular complexity index is 4030. The third-order valence-corrected chi connectivity index (χ3v) is 19.5. The molecule has 3 rings (SSSR count). The number of carboxylic acid groups (broad SMARTS) is 2. The highest BCUT2D eigenvalue weighted by molar-refractivity contribution is 6.04. The van der Waals surface area contributed by atoms with Gasteiger partial charge in [-0.25, -0.2) is 4.79 Å². The van der Waals surface area contributed by atoms with Gasteiger partial charge in [0.1, 0.15) is 78.2 Å². The number of nitro benzene ring substituents is 2. The molecule has 2 aromatic carbocycles. The molecule has 0 aliphatic carbocycles. The van der Waals surface area contributed by atoms with Crippen LogP contribution in [0.4, 0.5) is 22.7 Å². The van der Waals surface area contributed by atoms with E-state index in [2.05, 4.69) is 69.1 Å². The average molecular weight is 1740 g/mol. The van der Waals surface area contributed by atoms with E-state index in [9.17, 15) is 122 Å². The van der Waals surface area contributed by atoms with Gasteiger partial charge in [-0.3, -0.25) is 96.9 Å². The van der Waals surface area contributed by atoms with Crippen LogP contribution in [0.25, 0.3) is 0 Å². The number of primary amides is 2. The number of likely N-dealkylation sites (tertiary alicyclic amines) is 1. The molecule has 684 valence electrons. The Balaban J connectivity index is 1.88. The summed E-state index contributed by atoms with van der Waals surface area (Å²) in [4.78, 5) is 255. The molecule has 25 N–H and O–H groups in total. The number of nitrogen functional groups attached to an aromatic ring is 1. The van der Waals surface area contributed by atoms with Crippen LogP contribution in [0.15, 0.2) is 42.5 Å². The molecule has 2 aromatic rings. The molecule has 0 bridgehead atoms. The Morgan fingerprint density at radius 2 is 0.992 bits per heavy atom. The summed E-state index contributed by atoms with van der Waals surface area (Å²) in [5.74, 6) is -20.0. The van der Waals surface area contributed by atoms with Crippen LogP contribution in [-0.2, 0) is 76.7 Å². The fourth-order valence-electron chi connectivity index (χ4n) is 13.0. The maximum absolute atomic E-state index is 14.5. The molecular formula is C78H122N20O25. The number of nitrogens with two attached hydrogens (primary N) is 4. The van der Waals surface area contributed by atoms with Crippen LogP contribution < -0.4 is 92.1 Å². The predicted octanol–water partition coefficient (Wildman–Crippen LogP) is -2.41. The Morgan fingerprint density at radius 3 is 1.50 bits per heavy atom. The molecule has 15 amide bonds. The summed E-state index contributed by atoms with van der Waals surface area (Å²) < 4.78 is 0. The van der Waals surface area contributed by atoms with Crippen LogP contribution in [0, 0.1) is 43.9 Å². The second-order valence-corrected chi connectivity index (χ2v) is 31.6. The SMILES string of the molecule is CC(C)C[C@H](NC(=O)[C@H](CC(C)C)NC(=O)[C@@H](NC(=O)[C@H](CC(C)C)NC(=O)[C@@H]1CCCN1C(=O)[C@H](CO)NC(=O)[C@@H](NC(=O)[C@H](CCC(N)=O)NC(=O)[C@H](CCC(=O)O)NC(=O)[C@H](CCC(=O)NCCCCCNc1ccc([N+](=O)[O-])cc1[N+](=O)[O-])NC(=O)[C@H](CC(N)=O)NC(=O)c1ccccc1N)C(C)C)C(C)O)C(=O)N[C@@H](CCCCN)C(=O)O.